The Labute approximate surface area is 120 Å². The average molecular weight is 277 g/mol. The van der Waals surface area contributed by atoms with Gasteiger partial charge in [-0.1, -0.05) is 6.92 Å². The van der Waals surface area contributed by atoms with Crippen LogP contribution in [0.3, 0.4) is 0 Å². The van der Waals surface area contributed by atoms with E-state index in [1.165, 1.54) is 0 Å². The number of ether oxygens (including phenoxy) is 1. The maximum Gasteiger partial charge on any atom is 0.253 e. The highest BCUT2D eigenvalue weighted by molar-refractivity contribution is 5.94. The van der Waals surface area contributed by atoms with Gasteiger partial charge < -0.3 is 15.4 Å². The van der Waals surface area contributed by atoms with E-state index in [-0.39, 0.29) is 18.1 Å². The van der Waals surface area contributed by atoms with Gasteiger partial charge in [-0.2, -0.15) is 0 Å². The van der Waals surface area contributed by atoms with Crippen LogP contribution in [0.1, 0.15) is 43.5 Å². The number of anilines is 1. The summed E-state index contributed by atoms with van der Waals surface area (Å²) in [6.45, 7) is 5.74. The number of pyridine rings is 1. The normalized spacial score (nSPS) is 22.3. The first-order valence-electron chi connectivity index (χ1n) is 7.31. The Kier molecular flexibility index (Phi) is 5.35. The molecule has 0 aromatic carbocycles. The van der Waals surface area contributed by atoms with Gasteiger partial charge in [0.05, 0.1) is 11.7 Å². The molecule has 0 saturated carbocycles. The lowest BCUT2D eigenvalue weighted by molar-refractivity contribution is 0.0136. The van der Waals surface area contributed by atoms with Gasteiger partial charge in [0.25, 0.3) is 5.91 Å². The average Bonchev–Trinajstić information content (AvgIpc) is 2.45. The van der Waals surface area contributed by atoms with Crippen LogP contribution in [-0.4, -0.2) is 36.2 Å². The molecule has 2 atom stereocenters. The van der Waals surface area contributed by atoms with E-state index in [0.717, 1.165) is 31.6 Å². The van der Waals surface area contributed by atoms with E-state index in [9.17, 15) is 4.79 Å². The highest BCUT2D eigenvalue weighted by Gasteiger charge is 2.21. The molecule has 1 aromatic rings. The minimum atomic E-state index is -0.0568. The lowest BCUT2D eigenvalue weighted by Gasteiger charge is -2.27. The van der Waals surface area contributed by atoms with Crippen LogP contribution >= 0.6 is 0 Å². The molecule has 0 bridgehead atoms. The predicted octanol–water partition coefficient (Wildman–Crippen LogP) is 2.20. The molecule has 1 fully saturated rings. The van der Waals surface area contributed by atoms with E-state index in [1.54, 1.807) is 6.20 Å². The predicted molar refractivity (Wildman–Crippen MR) is 78.9 cm³/mol. The summed E-state index contributed by atoms with van der Waals surface area (Å²) >= 11 is 0. The zero-order valence-electron chi connectivity index (χ0n) is 12.2. The molecule has 1 saturated heterocycles. The van der Waals surface area contributed by atoms with E-state index in [4.69, 9.17) is 4.74 Å². The first kappa shape index (κ1) is 14.8. The van der Waals surface area contributed by atoms with Crippen LogP contribution in [0.15, 0.2) is 18.3 Å². The molecule has 1 aliphatic rings. The third-order valence-electron chi connectivity index (χ3n) is 3.40. The Hall–Kier alpha value is -1.62. The molecule has 5 heteroatoms. The van der Waals surface area contributed by atoms with Gasteiger partial charge in [0.15, 0.2) is 0 Å². The van der Waals surface area contributed by atoms with Crippen LogP contribution in [0.25, 0.3) is 0 Å². The summed E-state index contributed by atoms with van der Waals surface area (Å²) < 4.78 is 5.48. The number of carbonyl (C=O) groups excluding carboxylic acids is 1. The van der Waals surface area contributed by atoms with Crippen LogP contribution in [0, 0.1) is 0 Å². The quantitative estimate of drug-likeness (QED) is 0.866. The van der Waals surface area contributed by atoms with Gasteiger partial charge in [-0.3, -0.25) is 4.79 Å². The fourth-order valence-corrected chi connectivity index (χ4v) is 2.28. The molecule has 2 heterocycles. The summed E-state index contributed by atoms with van der Waals surface area (Å²) in [5.74, 6) is 0.752. The van der Waals surface area contributed by atoms with Crippen LogP contribution in [0.4, 0.5) is 5.82 Å². The Morgan fingerprint density at radius 3 is 3.00 bits per heavy atom. The number of nitrogens with zero attached hydrogens (tertiary/aromatic N) is 1. The van der Waals surface area contributed by atoms with Gasteiger partial charge in [0, 0.05) is 25.4 Å². The van der Waals surface area contributed by atoms with E-state index >= 15 is 0 Å². The minimum Gasteiger partial charge on any atom is -0.378 e. The number of carbonyl (C=O) groups is 1. The summed E-state index contributed by atoms with van der Waals surface area (Å²) in [4.78, 5) is 16.4. The van der Waals surface area contributed by atoms with E-state index in [0.29, 0.717) is 12.2 Å². The molecule has 2 rings (SSSR count). The first-order valence-corrected chi connectivity index (χ1v) is 7.31. The van der Waals surface area contributed by atoms with Crippen molar-refractivity contribution in [2.45, 2.75) is 45.3 Å². The van der Waals surface area contributed by atoms with Crippen LogP contribution in [-0.2, 0) is 4.74 Å². The Morgan fingerprint density at radius 1 is 1.50 bits per heavy atom. The van der Waals surface area contributed by atoms with Gasteiger partial charge >= 0.3 is 0 Å². The highest BCUT2D eigenvalue weighted by Crippen LogP contribution is 2.14. The Balaban J connectivity index is 1.88. The molecule has 2 N–H and O–H groups in total. The second-order valence-electron chi connectivity index (χ2n) is 5.24. The SMILES string of the molecule is CCCNc1ccc(C(=O)NC2CCOC(C)C2)cn1. The third-order valence-corrected chi connectivity index (χ3v) is 3.40. The Bertz CT molecular complexity index is 433. The van der Waals surface area contributed by atoms with Crippen molar-refractivity contribution in [1.82, 2.24) is 10.3 Å². The van der Waals surface area contributed by atoms with Crippen LogP contribution in [0.2, 0.25) is 0 Å². The highest BCUT2D eigenvalue weighted by atomic mass is 16.5. The molecule has 0 radical (unpaired) electrons. The summed E-state index contributed by atoms with van der Waals surface area (Å²) in [7, 11) is 0. The van der Waals surface area contributed by atoms with Crippen LogP contribution in [0.5, 0.6) is 0 Å². The van der Waals surface area contributed by atoms with Crippen LogP contribution < -0.4 is 10.6 Å². The van der Waals surface area contributed by atoms with Crippen molar-refractivity contribution in [3.05, 3.63) is 23.9 Å². The Morgan fingerprint density at radius 2 is 2.35 bits per heavy atom. The molecule has 110 valence electrons. The van der Waals surface area contributed by atoms with E-state index in [2.05, 4.69) is 22.5 Å². The number of hydrogen-bond acceptors (Lipinski definition) is 4. The number of aromatic nitrogens is 1. The van der Waals surface area contributed by atoms with Crippen molar-refractivity contribution < 1.29 is 9.53 Å². The smallest absolute Gasteiger partial charge is 0.253 e. The summed E-state index contributed by atoms with van der Waals surface area (Å²) in [5.41, 5.74) is 0.603. The fraction of sp³-hybridized carbons (Fsp3) is 0.600. The maximum absolute atomic E-state index is 12.1. The molecule has 2 unspecified atom stereocenters. The van der Waals surface area contributed by atoms with Crippen molar-refractivity contribution in [3.8, 4) is 0 Å². The van der Waals surface area contributed by atoms with E-state index in [1.807, 2.05) is 19.1 Å². The van der Waals surface area contributed by atoms with Crippen molar-refractivity contribution >= 4 is 11.7 Å². The number of hydrogen-bond donors (Lipinski definition) is 2. The third kappa shape index (κ3) is 4.20. The molecule has 1 aliphatic heterocycles. The number of nitrogens with one attached hydrogen (secondary N) is 2. The summed E-state index contributed by atoms with van der Waals surface area (Å²) in [6, 6.07) is 3.85. The van der Waals surface area contributed by atoms with E-state index < -0.39 is 0 Å². The molecular formula is C15H23N3O2. The molecule has 5 nitrogen and oxygen atoms in total. The van der Waals surface area contributed by atoms with Gasteiger partial charge in [0.2, 0.25) is 0 Å². The van der Waals surface area contributed by atoms with Gasteiger partial charge in [-0.25, -0.2) is 4.98 Å². The minimum absolute atomic E-state index is 0.0568. The van der Waals surface area contributed by atoms with Crippen molar-refractivity contribution in [3.63, 3.8) is 0 Å². The molecule has 1 aromatic heterocycles. The fourth-order valence-electron chi connectivity index (χ4n) is 2.28. The van der Waals surface area contributed by atoms with Gasteiger partial charge in [-0.15, -0.1) is 0 Å². The number of amides is 1. The molecular weight excluding hydrogens is 254 g/mol. The second kappa shape index (κ2) is 7.24. The number of rotatable bonds is 5. The zero-order chi connectivity index (χ0) is 14.4. The monoisotopic (exact) mass is 277 g/mol. The first-order chi connectivity index (χ1) is 9.69. The van der Waals surface area contributed by atoms with Gasteiger partial charge in [-0.05, 0) is 38.3 Å². The lowest BCUT2D eigenvalue weighted by atomic mass is 10.0. The zero-order valence-corrected chi connectivity index (χ0v) is 12.2. The molecule has 1 amide bonds. The standard InChI is InChI=1S/C15H23N3O2/c1-3-7-16-14-5-4-12(10-17-14)15(19)18-13-6-8-20-11(2)9-13/h4-5,10-11,13H,3,6-9H2,1-2H3,(H,16,17)(H,18,19). The topological polar surface area (TPSA) is 63.2 Å². The molecule has 0 spiro atoms. The molecule has 20 heavy (non-hydrogen) atoms. The largest absolute Gasteiger partial charge is 0.378 e. The van der Waals surface area contributed by atoms with Crippen molar-refractivity contribution in [2.24, 2.45) is 0 Å². The lowest BCUT2D eigenvalue weighted by Crippen LogP contribution is -2.41. The second-order valence-corrected chi connectivity index (χ2v) is 5.24. The summed E-state index contributed by atoms with van der Waals surface area (Å²) in [5, 5.41) is 6.24. The summed E-state index contributed by atoms with van der Waals surface area (Å²) in [6.07, 6.45) is 4.63. The van der Waals surface area contributed by atoms with Crippen molar-refractivity contribution in [1.29, 1.82) is 0 Å². The molecule has 0 aliphatic carbocycles. The van der Waals surface area contributed by atoms with Gasteiger partial charge in [0.1, 0.15) is 5.82 Å². The maximum atomic E-state index is 12.1. The van der Waals surface area contributed by atoms with Crippen molar-refractivity contribution in [2.75, 3.05) is 18.5 Å².